The van der Waals surface area contributed by atoms with Crippen molar-refractivity contribution in [1.82, 2.24) is 0 Å². The van der Waals surface area contributed by atoms with Crippen LogP contribution in [0.5, 0.6) is 17.2 Å². The van der Waals surface area contributed by atoms with E-state index in [1.807, 2.05) is 37.4 Å². The van der Waals surface area contributed by atoms with Crippen molar-refractivity contribution in [3.8, 4) is 17.2 Å². The number of nitrogens with zero attached hydrogens (tertiary/aromatic N) is 1. The molecule has 128 valence electrons. The Bertz CT molecular complexity index is 907. The molecule has 0 spiro atoms. The quantitative estimate of drug-likeness (QED) is 0.663. The van der Waals surface area contributed by atoms with Crippen LogP contribution in [0, 0.1) is 0 Å². The fraction of sp³-hybridized carbons (Fsp3) is 0.190. The van der Waals surface area contributed by atoms with Crippen LogP contribution in [-0.2, 0) is 7.05 Å². The molecule has 0 aliphatic heterocycles. The second-order valence-corrected chi connectivity index (χ2v) is 5.68. The van der Waals surface area contributed by atoms with Crippen molar-refractivity contribution in [3.63, 3.8) is 0 Å². The van der Waals surface area contributed by atoms with Gasteiger partial charge in [-0.1, -0.05) is 18.2 Å². The van der Waals surface area contributed by atoms with Crippen molar-refractivity contribution in [1.29, 1.82) is 0 Å². The highest BCUT2D eigenvalue weighted by Crippen LogP contribution is 2.35. The zero-order valence-corrected chi connectivity index (χ0v) is 14.9. The van der Waals surface area contributed by atoms with Gasteiger partial charge in [0.25, 0.3) is 0 Å². The lowest BCUT2D eigenvalue weighted by Gasteiger charge is -2.12. The summed E-state index contributed by atoms with van der Waals surface area (Å²) in [5, 5.41) is 2.39. The number of hydrogen-bond acceptors (Lipinski definition) is 3. The monoisotopic (exact) mass is 336 g/mol. The molecule has 3 rings (SSSR count). The van der Waals surface area contributed by atoms with E-state index in [1.165, 1.54) is 10.8 Å². The SMILES string of the molecule is COc1cc(OC)c(/C=C\c2c3ccccc3cc[n+]2C)c(OC)c1. The predicted octanol–water partition coefficient (Wildman–Crippen LogP) is 3.86. The van der Waals surface area contributed by atoms with Crippen molar-refractivity contribution in [2.24, 2.45) is 7.05 Å². The van der Waals surface area contributed by atoms with Crippen LogP contribution in [0.15, 0.2) is 48.7 Å². The van der Waals surface area contributed by atoms with Gasteiger partial charge in [0, 0.05) is 24.3 Å². The highest BCUT2D eigenvalue weighted by Gasteiger charge is 2.13. The number of aromatic nitrogens is 1. The molecule has 0 N–H and O–H groups in total. The Balaban J connectivity index is 2.13. The van der Waals surface area contributed by atoms with E-state index >= 15 is 0 Å². The Morgan fingerprint density at radius 2 is 1.52 bits per heavy atom. The number of ether oxygens (including phenoxy) is 3. The summed E-state index contributed by atoms with van der Waals surface area (Å²) in [5.41, 5.74) is 1.98. The molecular weight excluding hydrogens is 314 g/mol. The van der Waals surface area contributed by atoms with Crippen LogP contribution in [0.1, 0.15) is 11.3 Å². The fourth-order valence-electron chi connectivity index (χ4n) is 2.90. The van der Waals surface area contributed by atoms with Crippen LogP contribution in [0.4, 0.5) is 0 Å². The number of methoxy groups -OCH3 is 3. The molecule has 1 heterocycles. The van der Waals surface area contributed by atoms with E-state index in [1.54, 1.807) is 21.3 Å². The smallest absolute Gasteiger partial charge is 0.212 e. The minimum Gasteiger partial charge on any atom is -0.496 e. The number of aryl methyl sites for hydroxylation is 1. The molecule has 4 heteroatoms. The molecule has 0 aliphatic carbocycles. The zero-order chi connectivity index (χ0) is 17.8. The molecule has 0 saturated carbocycles. The molecule has 0 radical (unpaired) electrons. The Morgan fingerprint density at radius 3 is 2.16 bits per heavy atom. The molecule has 1 aromatic heterocycles. The Labute approximate surface area is 147 Å². The molecule has 4 nitrogen and oxygen atoms in total. The van der Waals surface area contributed by atoms with Crippen molar-refractivity contribution < 1.29 is 18.8 Å². The lowest BCUT2D eigenvalue weighted by atomic mass is 10.1. The van der Waals surface area contributed by atoms with Crippen LogP contribution in [0.3, 0.4) is 0 Å². The molecule has 0 amide bonds. The van der Waals surface area contributed by atoms with Crippen molar-refractivity contribution in [2.45, 2.75) is 0 Å². The number of fused-ring (bicyclic) bond motifs is 1. The minimum absolute atomic E-state index is 0.696. The Kier molecular flexibility index (Phi) is 4.89. The predicted molar refractivity (Wildman–Crippen MR) is 100 cm³/mol. The Morgan fingerprint density at radius 1 is 0.840 bits per heavy atom. The van der Waals surface area contributed by atoms with Crippen molar-refractivity contribution in [2.75, 3.05) is 21.3 Å². The van der Waals surface area contributed by atoms with Gasteiger partial charge in [-0.05, 0) is 17.5 Å². The summed E-state index contributed by atoms with van der Waals surface area (Å²) in [5.74, 6) is 2.10. The lowest BCUT2D eigenvalue weighted by molar-refractivity contribution is -0.671. The van der Waals surface area contributed by atoms with Gasteiger partial charge < -0.3 is 14.2 Å². The first kappa shape index (κ1) is 16.8. The van der Waals surface area contributed by atoms with Crippen molar-refractivity contribution >= 4 is 22.9 Å². The second-order valence-electron chi connectivity index (χ2n) is 5.68. The number of rotatable bonds is 5. The molecule has 0 aliphatic rings. The molecule has 0 unspecified atom stereocenters. The molecule has 0 atom stereocenters. The molecule has 25 heavy (non-hydrogen) atoms. The van der Waals surface area contributed by atoms with Gasteiger partial charge in [-0.2, -0.15) is 0 Å². The maximum atomic E-state index is 5.52. The Hall–Kier alpha value is -3.01. The van der Waals surface area contributed by atoms with Gasteiger partial charge in [0.2, 0.25) is 5.69 Å². The normalized spacial score (nSPS) is 11.0. The van der Waals surface area contributed by atoms with Gasteiger partial charge in [-0.3, -0.25) is 0 Å². The van der Waals surface area contributed by atoms with Gasteiger partial charge in [0.1, 0.15) is 24.3 Å². The topological polar surface area (TPSA) is 31.6 Å². The van der Waals surface area contributed by atoms with Crippen LogP contribution in [0.25, 0.3) is 22.9 Å². The van der Waals surface area contributed by atoms with Crippen LogP contribution in [0.2, 0.25) is 0 Å². The van der Waals surface area contributed by atoms with E-state index in [9.17, 15) is 0 Å². The van der Waals surface area contributed by atoms with E-state index in [0.717, 1.165) is 11.3 Å². The standard InChI is InChI=1S/C21H22NO3/c1-22-12-11-15-7-5-6-8-17(15)19(22)10-9-18-20(24-3)13-16(23-2)14-21(18)25-4/h5-14H,1-4H3/q+1/b10-9-. The average Bonchev–Trinajstić information content (AvgIpc) is 2.66. The maximum absolute atomic E-state index is 5.52. The summed E-state index contributed by atoms with van der Waals surface area (Å²) < 4.78 is 18.4. The lowest BCUT2D eigenvalue weighted by Crippen LogP contribution is -2.31. The molecule has 3 aromatic rings. The second kappa shape index (κ2) is 7.26. The summed E-state index contributed by atoms with van der Waals surface area (Å²) in [4.78, 5) is 0. The van der Waals surface area contributed by atoms with E-state index < -0.39 is 0 Å². The van der Waals surface area contributed by atoms with E-state index in [2.05, 4.69) is 35.0 Å². The first-order chi connectivity index (χ1) is 12.2. The third-order valence-electron chi connectivity index (χ3n) is 4.26. The van der Waals surface area contributed by atoms with E-state index in [-0.39, 0.29) is 0 Å². The first-order valence-corrected chi connectivity index (χ1v) is 8.03. The average molecular weight is 336 g/mol. The molecule has 0 bridgehead atoms. The third-order valence-corrected chi connectivity index (χ3v) is 4.26. The number of benzene rings is 2. The van der Waals surface area contributed by atoms with Crippen LogP contribution in [-0.4, -0.2) is 21.3 Å². The van der Waals surface area contributed by atoms with Crippen molar-refractivity contribution in [3.05, 3.63) is 59.9 Å². The number of hydrogen-bond donors (Lipinski definition) is 0. The molecular formula is C21H22NO3+. The summed E-state index contributed by atoms with van der Waals surface area (Å²) in [6.07, 6.45) is 6.15. The van der Waals surface area contributed by atoms with Gasteiger partial charge in [0.05, 0.1) is 32.3 Å². The van der Waals surface area contributed by atoms with Crippen LogP contribution < -0.4 is 18.8 Å². The summed E-state index contributed by atoms with van der Waals surface area (Å²) in [6.45, 7) is 0. The molecule has 2 aromatic carbocycles. The summed E-state index contributed by atoms with van der Waals surface area (Å²) in [6, 6.07) is 14.1. The van der Waals surface area contributed by atoms with E-state index in [4.69, 9.17) is 14.2 Å². The first-order valence-electron chi connectivity index (χ1n) is 8.03. The molecule has 0 fully saturated rings. The largest absolute Gasteiger partial charge is 0.496 e. The summed E-state index contributed by atoms with van der Waals surface area (Å²) in [7, 11) is 6.95. The highest BCUT2D eigenvalue weighted by molar-refractivity contribution is 5.90. The summed E-state index contributed by atoms with van der Waals surface area (Å²) >= 11 is 0. The van der Waals surface area contributed by atoms with Gasteiger partial charge in [0.15, 0.2) is 6.20 Å². The third kappa shape index (κ3) is 3.29. The highest BCUT2D eigenvalue weighted by atomic mass is 16.5. The van der Waals surface area contributed by atoms with Crippen LogP contribution >= 0.6 is 0 Å². The van der Waals surface area contributed by atoms with Gasteiger partial charge in [-0.15, -0.1) is 0 Å². The van der Waals surface area contributed by atoms with Gasteiger partial charge >= 0.3 is 0 Å². The maximum Gasteiger partial charge on any atom is 0.212 e. The van der Waals surface area contributed by atoms with E-state index in [0.29, 0.717) is 17.2 Å². The zero-order valence-electron chi connectivity index (χ0n) is 14.9. The fourth-order valence-corrected chi connectivity index (χ4v) is 2.90. The molecule has 0 saturated heterocycles. The number of pyridine rings is 1. The minimum atomic E-state index is 0.696. The van der Waals surface area contributed by atoms with Gasteiger partial charge in [-0.25, -0.2) is 4.57 Å².